The number of nitrogens with zero attached hydrogens (tertiary/aromatic N) is 3. The molecule has 1 aliphatic heterocycles. The van der Waals surface area contributed by atoms with Crippen molar-refractivity contribution in [2.24, 2.45) is 5.73 Å². The number of amides is 4. The standard InChI is InChI=1S/C43H53N7O7/c1-23-17-27-9-16-35(57-22-31(51)20-44)33(18-27)32-19-29(12-15-34(32)52)38(42(56)49-26(4)40(54)46-23)50(8)36(53)21-45-41(55)37-24(2)47-39(48-25(37)3)28-10-13-30(14-11-28)43(5,6)7/h9-16,18-19,23,26,31,38,51-52H,17,20-22,44H2,1-8H3,(H,45,55)(H,46,54)(H,49,56)/t23-,26+,31-,38+/m1/s1. The number of aromatic nitrogens is 2. The van der Waals surface area contributed by atoms with Gasteiger partial charge in [-0.25, -0.2) is 9.97 Å². The summed E-state index contributed by atoms with van der Waals surface area (Å²) >= 11 is 0. The minimum Gasteiger partial charge on any atom is -0.507 e. The summed E-state index contributed by atoms with van der Waals surface area (Å²) in [5.41, 5.74) is 10.5. The van der Waals surface area contributed by atoms with Crippen molar-refractivity contribution < 1.29 is 34.1 Å². The van der Waals surface area contributed by atoms with Crippen molar-refractivity contribution in [2.45, 2.75) is 84.5 Å². The molecule has 0 spiro atoms. The predicted octanol–water partition coefficient (Wildman–Crippen LogP) is 3.62. The highest BCUT2D eigenvalue weighted by atomic mass is 16.5. The Hall–Kier alpha value is -5.86. The average molecular weight is 780 g/mol. The van der Waals surface area contributed by atoms with Crippen molar-refractivity contribution in [1.29, 1.82) is 0 Å². The van der Waals surface area contributed by atoms with E-state index >= 15 is 0 Å². The molecule has 1 aromatic heterocycles. The van der Waals surface area contributed by atoms with Gasteiger partial charge in [0.05, 0.1) is 23.5 Å². The molecule has 0 aliphatic carbocycles. The highest BCUT2D eigenvalue weighted by molar-refractivity contribution is 5.99. The average Bonchev–Trinajstić information content (AvgIpc) is 3.15. The Kier molecular flexibility index (Phi) is 13.0. The minimum atomic E-state index is -1.30. The number of nitrogens with two attached hydrogens (primary N) is 1. The molecule has 302 valence electrons. The van der Waals surface area contributed by atoms with E-state index < -0.39 is 48.4 Å². The zero-order valence-corrected chi connectivity index (χ0v) is 33.8. The van der Waals surface area contributed by atoms with Gasteiger partial charge >= 0.3 is 0 Å². The number of fused-ring (bicyclic) bond motifs is 5. The fourth-order valence-corrected chi connectivity index (χ4v) is 6.72. The number of nitrogens with one attached hydrogen (secondary N) is 3. The Labute approximate surface area is 333 Å². The minimum absolute atomic E-state index is 0.0162. The van der Waals surface area contributed by atoms with Gasteiger partial charge in [-0.15, -0.1) is 0 Å². The second-order valence-corrected chi connectivity index (χ2v) is 15.7. The van der Waals surface area contributed by atoms with Crippen molar-refractivity contribution in [2.75, 3.05) is 26.7 Å². The maximum Gasteiger partial charge on any atom is 0.255 e. The van der Waals surface area contributed by atoms with Gasteiger partial charge in [0.25, 0.3) is 5.91 Å². The van der Waals surface area contributed by atoms with Gasteiger partial charge in [-0.05, 0) is 80.5 Å². The Morgan fingerprint density at radius 1 is 0.965 bits per heavy atom. The van der Waals surface area contributed by atoms with Crippen LogP contribution in [0.25, 0.3) is 22.5 Å². The molecule has 0 saturated heterocycles. The third-order valence-corrected chi connectivity index (χ3v) is 9.99. The largest absolute Gasteiger partial charge is 0.507 e. The van der Waals surface area contributed by atoms with Crippen molar-refractivity contribution in [3.8, 4) is 34.0 Å². The third-order valence-electron chi connectivity index (χ3n) is 9.99. The number of carbonyl (C=O) groups excluding carboxylic acids is 4. The molecule has 4 atom stereocenters. The molecule has 5 rings (SSSR count). The molecule has 7 N–H and O–H groups in total. The van der Waals surface area contributed by atoms with Crippen LogP contribution in [0.1, 0.15) is 79.1 Å². The quantitative estimate of drug-likeness (QED) is 0.145. The first kappa shape index (κ1) is 42.3. The topological polar surface area (TPSA) is 209 Å². The molecule has 0 saturated carbocycles. The molecule has 0 fully saturated rings. The van der Waals surface area contributed by atoms with E-state index in [1.165, 1.54) is 29.6 Å². The van der Waals surface area contributed by atoms with Gasteiger partial charge in [-0.3, -0.25) is 19.2 Å². The van der Waals surface area contributed by atoms with Gasteiger partial charge in [0.15, 0.2) is 5.82 Å². The number of aliphatic hydroxyl groups is 1. The number of phenolic OH excluding ortho intramolecular Hbond substituents is 1. The van der Waals surface area contributed by atoms with E-state index in [2.05, 4.69) is 46.7 Å². The van der Waals surface area contributed by atoms with E-state index in [0.29, 0.717) is 46.1 Å². The van der Waals surface area contributed by atoms with Crippen LogP contribution in [0.3, 0.4) is 0 Å². The number of aliphatic hydroxyl groups excluding tert-OH is 1. The van der Waals surface area contributed by atoms with Gasteiger partial charge in [0, 0.05) is 36.3 Å². The SMILES string of the molecule is Cc1nc(-c2ccc(C(C)(C)C)cc2)nc(C)c1C(=O)NCC(=O)N(C)[C@@H]1C(=O)N[C@@H](C)C(=O)N[C@H](C)Cc2ccc(OC[C@H](O)CN)c(c2)-c2cc1ccc2O. The fourth-order valence-electron chi connectivity index (χ4n) is 6.72. The second kappa shape index (κ2) is 17.5. The Bertz CT molecular complexity index is 2130. The zero-order valence-electron chi connectivity index (χ0n) is 33.8. The lowest BCUT2D eigenvalue weighted by Gasteiger charge is -2.30. The number of hydrogen-bond donors (Lipinski definition) is 6. The highest BCUT2D eigenvalue weighted by Crippen LogP contribution is 2.39. The van der Waals surface area contributed by atoms with Crippen molar-refractivity contribution in [3.63, 3.8) is 0 Å². The van der Waals surface area contributed by atoms with Crippen LogP contribution in [-0.4, -0.2) is 93.6 Å². The maximum absolute atomic E-state index is 14.1. The molecule has 3 aromatic carbocycles. The Morgan fingerprint density at radius 2 is 1.63 bits per heavy atom. The monoisotopic (exact) mass is 779 g/mol. The van der Waals surface area contributed by atoms with Crippen LogP contribution in [0.4, 0.5) is 0 Å². The number of ether oxygens (including phenoxy) is 1. The van der Waals surface area contributed by atoms with E-state index in [1.54, 1.807) is 32.9 Å². The molecule has 4 amide bonds. The van der Waals surface area contributed by atoms with E-state index in [-0.39, 0.29) is 35.9 Å². The maximum atomic E-state index is 14.1. The summed E-state index contributed by atoms with van der Waals surface area (Å²) in [5, 5.41) is 29.6. The fraction of sp³-hybridized carbons (Fsp3) is 0.395. The van der Waals surface area contributed by atoms with Gasteiger partial charge < -0.3 is 41.5 Å². The van der Waals surface area contributed by atoms with Gasteiger partial charge in [0.2, 0.25) is 17.7 Å². The summed E-state index contributed by atoms with van der Waals surface area (Å²) in [6.45, 7) is 12.6. The van der Waals surface area contributed by atoms with E-state index in [1.807, 2.05) is 43.3 Å². The summed E-state index contributed by atoms with van der Waals surface area (Å²) in [6.07, 6.45) is -0.505. The number of likely N-dealkylation sites (N-methyl/N-ethyl adjacent to an activating group) is 1. The van der Waals surface area contributed by atoms with Crippen LogP contribution < -0.4 is 26.4 Å². The number of carbonyl (C=O) groups is 4. The summed E-state index contributed by atoms with van der Waals surface area (Å²) < 4.78 is 5.93. The molecule has 4 aromatic rings. The number of phenols is 1. The second-order valence-electron chi connectivity index (χ2n) is 15.7. The number of rotatable bonds is 9. The lowest BCUT2D eigenvalue weighted by Crippen LogP contribution is -2.52. The summed E-state index contributed by atoms with van der Waals surface area (Å²) in [4.78, 5) is 65.0. The summed E-state index contributed by atoms with van der Waals surface area (Å²) in [5.74, 6) is -1.57. The zero-order chi connectivity index (χ0) is 41.8. The molecular weight excluding hydrogens is 727 g/mol. The third kappa shape index (κ3) is 9.94. The van der Waals surface area contributed by atoms with Gasteiger partial charge in [-0.1, -0.05) is 57.2 Å². The number of aryl methyl sites for hydroxylation is 2. The lowest BCUT2D eigenvalue weighted by atomic mass is 9.86. The summed E-state index contributed by atoms with van der Waals surface area (Å²) in [7, 11) is 1.42. The molecule has 1 aliphatic rings. The van der Waals surface area contributed by atoms with Crippen molar-refractivity contribution in [1.82, 2.24) is 30.8 Å². The lowest BCUT2D eigenvalue weighted by molar-refractivity contribution is -0.139. The van der Waals surface area contributed by atoms with Crippen LogP contribution in [0.2, 0.25) is 0 Å². The van der Waals surface area contributed by atoms with E-state index in [0.717, 1.165) is 11.1 Å². The predicted molar refractivity (Wildman–Crippen MR) is 216 cm³/mol. The van der Waals surface area contributed by atoms with Crippen LogP contribution in [0.5, 0.6) is 11.5 Å². The molecule has 14 heteroatoms. The highest BCUT2D eigenvalue weighted by Gasteiger charge is 2.33. The first-order chi connectivity index (χ1) is 26.9. The molecule has 2 heterocycles. The van der Waals surface area contributed by atoms with Crippen molar-refractivity contribution in [3.05, 3.63) is 94.3 Å². The molecule has 57 heavy (non-hydrogen) atoms. The summed E-state index contributed by atoms with van der Waals surface area (Å²) in [6, 6.07) is 15.2. The van der Waals surface area contributed by atoms with Crippen LogP contribution in [0.15, 0.2) is 60.7 Å². The van der Waals surface area contributed by atoms with Crippen LogP contribution in [0, 0.1) is 13.8 Å². The normalized spacial score (nSPS) is 17.8. The van der Waals surface area contributed by atoms with E-state index in [9.17, 15) is 29.4 Å². The van der Waals surface area contributed by atoms with Crippen LogP contribution >= 0.6 is 0 Å². The Balaban J connectivity index is 1.44. The molecule has 0 unspecified atom stereocenters. The number of benzene rings is 3. The first-order valence-corrected chi connectivity index (χ1v) is 19.0. The number of aromatic hydroxyl groups is 1. The molecule has 14 nitrogen and oxygen atoms in total. The van der Waals surface area contributed by atoms with Crippen LogP contribution in [-0.2, 0) is 26.2 Å². The smallest absolute Gasteiger partial charge is 0.255 e. The first-order valence-electron chi connectivity index (χ1n) is 19.0. The van der Waals surface area contributed by atoms with Gasteiger partial charge in [0.1, 0.15) is 36.3 Å². The van der Waals surface area contributed by atoms with E-state index in [4.69, 9.17) is 10.5 Å². The molecule has 0 radical (unpaired) electrons. The van der Waals surface area contributed by atoms with Gasteiger partial charge in [-0.2, -0.15) is 0 Å². The number of hydrogen-bond acceptors (Lipinski definition) is 10. The molecular formula is C43H53N7O7. The molecule has 4 bridgehead atoms. The van der Waals surface area contributed by atoms with Crippen molar-refractivity contribution >= 4 is 23.6 Å². The Morgan fingerprint density at radius 3 is 2.26 bits per heavy atom.